The van der Waals surface area contributed by atoms with Crippen molar-refractivity contribution in [1.82, 2.24) is 0 Å². The van der Waals surface area contributed by atoms with Crippen molar-refractivity contribution in [3.8, 4) is 0 Å². The van der Waals surface area contributed by atoms with E-state index in [1.165, 1.54) is 6.07 Å². The molecular weight excluding hydrogens is 203 g/mol. The van der Waals surface area contributed by atoms with Gasteiger partial charge in [0.2, 0.25) is 0 Å². The van der Waals surface area contributed by atoms with E-state index in [9.17, 15) is 9.18 Å². The second-order valence-corrected chi connectivity index (χ2v) is 4.46. The van der Waals surface area contributed by atoms with Crippen molar-refractivity contribution in [3.63, 3.8) is 0 Å². The van der Waals surface area contributed by atoms with Crippen LogP contribution in [0.2, 0.25) is 5.02 Å². The van der Waals surface area contributed by atoms with E-state index >= 15 is 0 Å². The maximum atomic E-state index is 13.3. The highest BCUT2D eigenvalue weighted by molar-refractivity contribution is 6.30. The Balaban J connectivity index is 2.92. The molecule has 0 unspecified atom stereocenters. The maximum absolute atomic E-state index is 13.3. The Morgan fingerprint density at radius 1 is 1.50 bits per heavy atom. The van der Waals surface area contributed by atoms with Gasteiger partial charge in [0.1, 0.15) is 12.1 Å². The lowest BCUT2D eigenvalue weighted by atomic mass is 9.87. The predicted molar refractivity (Wildman–Crippen MR) is 55.0 cm³/mol. The van der Waals surface area contributed by atoms with Gasteiger partial charge in [-0.2, -0.15) is 0 Å². The fourth-order valence-electron chi connectivity index (χ4n) is 1.20. The molecule has 0 aromatic heterocycles. The summed E-state index contributed by atoms with van der Waals surface area (Å²) in [6, 6.07) is 4.50. The van der Waals surface area contributed by atoms with Crippen molar-refractivity contribution in [2.75, 3.05) is 0 Å². The number of benzene rings is 1. The van der Waals surface area contributed by atoms with Crippen molar-refractivity contribution in [2.45, 2.75) is 20.3 Å². The van der Waals surface area contributed by atoms with Gasteiger partial charge in [-0.1, -0.05) is 31.5 Å². The first-order valence-electron chi connectivity index (χ1n) is 4.35. The van der Waals surface area contributed by atoms with Crippen LogP contribution in [-0.2, 0) is 11.2 Å². The quantitative estimate of drug-likeness (QED) is 0.706. The Hall–Kier alpha value is -0.890. The second kappa shape index (κ2) is 4.09. The Morgan fingerprint density at radius 2 is 2.14 bits per heavy atom. The molecule has 76 valence electrons. The highest BCUT2D eigenvalue weighted by Gasteiger charge is 2.19. The van der Waals surface area contributed by atoms with Crippen molar-refractivity contribution in [2.24, 2.45) is 5.41 Å². The summed E-state index contributed by atoms with van der Waals surface area (Å²) in [5.41, 5.74) is -0.0132. The first kappa shape index (κ1) is 11.2. The van der Waals surface area contributed by atoms with Gasteiger partial charge in [-0.05, 0) is 24.1 Å². The number of hydrogen-bond acceptors (Lipinski definition) is 1. The van der Waals surface area contributed by atoms with E-state index in [0.29, 0.717) is 17.0 Å². The summed E-state index contributed by atoms with van der Waals surface area (Å²) in [6.45, 7) is 3.54. The molecule has 1 nitrogen and oxygen atoms in total. The van der Waals surface area contributed by atoms with Crippen molar-refractivity contribution >= 4 is 17.9 Å². The Bertz CT molecular complexity index is 347. The average Bonchev–Trinajstić information content (AvgIpc) is 2.10. The molecule has 0 saturated heterocycles. The molecule has 0 aliphatic carbocycles. The molecule has 0 radical (unpaired) electrons. The molecule has 0 aliphatic heterocycles. The number of halogens is 2. The molecule has 14 heavy (non-hydrogen) atoms. The first-order valence-corrected chi connectivity index (χ1v) is 4.73. The summed E-state index contributed by atoms with van der Waals surface area (Å²) in [5, 5.41) is 0.371. The number of hydrogen-bond donors (Lipinski definition) is 0. The van der Waals surface area contributed by atoms with Gasteiger partial charge in [0.15, 0.2) is 0 Å². The lowest BCUT2D eigenvalue weighted by Crippen LogP contribution is -2.17. The summed E-state index contributed by atoms with van der Waals surface area (Å²) < 4.78 is 13.3. The van der Waals surface area contributed by atoms with E-state index in [0.717, 1.165) is 6.29 Å². The van der Waals surface area contributed by atoms with E-state index in [1.54, 1.807) is 26.0 Å². The molecule has 0 heterocycles. The molecule has 0 saturated carbocycles. The first-order chi connectivity index (χ1) is 6.44. The third kappa shape index (κ3) is 2.81. The zero-order valence-electron chi connectivity index (χ0n) is 8.18. The summed E-state index contributed by atoms with van der Waals surface area (Å²) in [5.74, 6) is -0.354. The SMILES string of the molecule is CC(C)(C=O)Cc1ccc(Cl)cc1F. The highest BCUT2D eigenvalue weighted by atomic mass is 35.5. The summed E-state index contributed by atoms with van der Waals surface area (Å²) >= 11 is 5.61. The zero-order chi connectivity index (χ0) is 10.8. The van der Waals surface area contributed by atoms with Gasteiger partial charge in [0.05, 0.1) is 0 Å². The van der Waals surface area contributed by atoms with Crippen LogP contribution in [0.4, 0.5) is 4.39 Å². The topological polar surface area (TPSA) is 17.1 Å². The molecule has 0 bridgehead atoms. The van der Waals surface area contributed by atoms with Crippen molar-refractivity contribution < 1.29 is 9.18 Å². The van der Waals surface area contributed by atoms with E-state index in [2.05, 4.69) is 0 Å². The fourth-order valence-corrected chi connectivity index (χ4v) is 1.36. The van der Waals surface area contributed by atoms with Crippen LogP contribution in [0.15, 0.2) is 18.2 Å². The predicted octanol–water partition coefficient (Wildman–Crippen LogP) is 3.25. The minimum Gasteiger partial charge on any atom is -0.303 e. The third-order valence-electron chi connectivity index (χ3n) is 1.98. The molecule has 1 aromatic carbocycles. The van der Waals surface area contributed by atoms with Crippen LogP contribution in [0.1, 0.15) is 19.4 Å². The van der Waals surface area contributed by atoms with Gasteiger partial charge < -0.3 is 4.79 Å². The van der Waals surface area contributed by atoms with Crippen LogP contribution in [0.25, 0.3) is 0 Å². The molecule has 1 aromatic rings. The zero-order valence-corrected chi connectivity index (χ0v) is 8.94. The van der Waals surface area contributed by atoms with Crippen LogP contribution in [0, 0.1) is 11.2 Å². The lowest BCUT2D eigenvalue weighted by Gasteiger charge is -2.16. The van der Waals surface area contributed by atoms with Crippen LogP contribution in [0.3, 0.4) is 0 Å². The van der Waals surface area contributed by atoms with Gasteiger partial charge in [-0.3, -0.25) is 0 Å². The van der Waals surface area contributed by atoms with Crippen LogP contribution < -0.4 is 0 Å². The van der Waals surface area contributed by atoms with Gasteiger partial charge in [0, 0.05) is 10.4 Å². The molecule has 0 amide bonds. The molecule has 0 atom stereocenters. The van der Waals surface area contributed by atoms with Gasteiger partial charge in [-0.25, -0.2) is 4.39 Å². The molecule has 0 aliphatic rings. The Morgan fingerprint density at radius 3 is 2.64 bits per heavy atom. The maximum Gasteiger partial charge on any atom is 0.127 e. The lowest BCUT2D eigenvalue weighted by molar-refractivity contribution is -0.114. The smallest absolute Gasteiger partial charge is 0.127 e. The normalized spacial score (nSPS) is 11.4. The molecule has 0 fully saturated rings. The molecule has 3 heteroatoms. The van der Waals surface area contributed by atoms with Crippen LogP contribution in [-0.4, -0.2) is 6.29 Å². The fraction of sp³-hybridized carbons (Fsp3) is 0.364. The largest absolute Gasteiger partial charge is 0.303 e. The van der Waals surface area contributed by atoms with Gasteiger partial charge in [-0.15, -0.1) is 0 Å². The Labute approximate surface area is 87.9 Å². The van der Waals surface area contributed by atoms with E-state index < -0.39 is 5.41 Å². The number of carbonyl (C=O) groups excluding carboxylic acids is 1. The second-order valence-electron chi connectivity index (χ2n) is 4.02. The highest BCUT2D eigenvalue weighted by Crippen LogP contribution is 2.22. The molecule has 1 rings (SSSR count). The summed E-state index contributed by atoms with van der Waals surface area (Å²) in [7, 11) is 0. The summed E-state index contributed by atoms with van der Waals surface area (Å²) in [6.07, 6.45) is 1.22. The minimum atomic E-state index is -0.533. The number of rotatable bonds is 3. The standard InChI is InChI=1S/C11H12ClFO/c1-11(2,7-14)6-8-3-4-9(12)5-10(8)13/h3-5,7H,6H2,1-2H3. The monoisotopic (exact) mass is 214 g/mol. The third-order valence-corrected chi connectivity index (χ3v) is 2.22. The van der Waals surface area contributed by atoms with Crippen LogP contribution >= 0.6 is 11.6 Å². The molecular formula is C11H12ClFO. The molecule has 0 spiro atoms. The summed E-state index contributed by atoms with van der Waals surface area (Å²) in [4.78, 5) is 10.7. The number of carbonyl (C=O) groups is 1. The van der Waals surface area contributed by atoms with Crippen molar-refractivity contribution in [1.29, 1.82) is 0 Å². The van der Waals surface area contributed by atoms with E-state index in [-0.39, 0.29) is 5.82 Å². The van der Waals surface area contributed by atoms with E-state index in [4.69, 9.17) is 11.6 Å². The van der Waals surface area contributed by atoms with Crippen molar-refractivity contribution in [3.05, 3.63) is 34.6 Å². The Kier molecular flexibility index (Phi) is 3.27. The number of aldehydes is 1. The molecule has 0 N–H and O–H groups in total. The minimum absolute atomic E-state index is 0.354. The average molecular weight is 215 g/mol. The van der Waals surface area contributed by atoms with Crippen LogP contribution in [0.5, 0.6) is 0 Å². The van der Waals surface area contributed by atoms with Gasteiger partial charge in [0.25, 0.3) is 0 Å². The van der Waals surface area contributed by atoms with Gasteiger partial charge >= 0.3 is 0 Å². The van der Waals surface area contributed by atoms with E-state index in [1.807, 2.05) is 0 Å².